The van der Waals surface area contributed by atoms with Crippen LogP contribution in [0.3, 0.4) is 0 Å². The molecule has 2 aliphatic rings. The van der Waals surface area contributed by atoms with Crippen molar-refractivity contribution in [3.8, 4) is 17.2 Å². The fourth-order valence-electron chi connectivity index (χ4n) is 4.83. The Morgan fingerprint density at radius 2 is 2.09 bits per heavy atom. The number of amides is 2. The highest BCUT2D eigenvalue weighted by Crippen LogP contribution is 2.43. The average molecular weight is 454 g/mol. The lowest BCUT2D eigenvalue weighted by Gasteiger charge is -2.35. The van der Waals surface area contributed by atoms with Gasteiger partial charge in [-0.3, -0.25) is 9.69 Å². The van der Waals surface area contributed by atoms with Crippen LogP contribution in [0.1, 0.15) is 45.6 Å². The summed E-state index contributed by atoms with van der Waals surface area (Å²) in [4.78, 5) is 27.5. The number of carbonyl (C=O) groups is 2. The van der Waals surface area contributed by atoms with Crippen molar-refractivity contribution in [3.63, 3.8) is 0 Å². The van der Waals surface area contributed by atoms with Gasteiger partial charge in [0.2, 0.25) is 5.91 Å². The van der Waals surface area contributed by atoms with E-state index in [2.05, 4.69) is 11.4 Å². The molecule has 1 N–H and O–H groups in total. The van der Waals surface area contributed by atoms with Gasteiger partial charge >= 0.3 is 6.09 Å². The number of hydrogen-bond donors (Lipinski definition) is 1. The van der Waals surface area contributed by atoms with Crippen molar-refractivity contribution < 1.29 is 23.1 Å². The molecule has 2 heterocycles. The number of furan rings is 1. The molecule has 0 radical (unpaired) electrons. The zero-order valence-electron chi connectivity index (χ0n) is 19.0. The highest BCUT2D eigenvalue weighted by molar-refractivity contribution is 5.87. The van der Waals surface area contributed by atoms with Gasteiger partial charge in [0.25, 0.3) is 0 Å². The van der Waals surface area contributed by atoms with Gasteiger partial charge in [-0.15, -0.1) is 0 Å². The number of fused-ring (bicyclic) bond motifs is 2. The van der Waals surface area contributed by atoms with Crippen LogP contribution in [-0.4, -0.2) is 40.6 Å². The molecule has 8 heteroatoms. The monoisotopic (exact) mass is 453 g/mol. The highest BCUT2D eigenvalue weighted by Gasteiger charge is 2.52. The Morgan fingerprint density at radius 3 is 2.73 bits per heavy atom. The summed E-state index contributed by atoms with van der Waals surface area (Å²) in [5.74, 6) is -0.818. The minimum atomic E-state index is -0.925. The standard InChI is InChI=1S/C25H28FN3O4/c1-25(2,3)33-24(31)29-20-7-6-17(11-20)22(29)23(30)28-19(13-27)10-16-5-4-15(12-21(16)26)18-8-9-32-14-18/h4-5,8-9,12,14,17,19-20,22H,6-7,10-11H2,1-3H3,(H,28,30)/t17-,19?,20+,22-/m0/s1. The number of carbonyl (C=O) groups excluding carboxylic acids is 2. The number of benzene rings is 1. The van der Waals surface area contributed by atoms with E-state index in [1.54, 1.807) is 39.0 Å². The van der Waals surface area contributed by atoms with Gasteiger partial charge in [0.15, 0.2) is 0 Å². The Balaban J connectivity index is 1.45. The van der Waals surface area contributed by atoms with E-state index in [0.717, 1.165) is 24.8 Å². The molecule has 2 bridgehead atoms. The van der Waals surface area contributed by atoms with Crippen molar-refractivity contribution in [3.05, 3.63) is 48.2 Å². The van der Waals surface area contributed by atoms with Crippen molar-refractivity contribution in [2.45, 2.75) is 70.2 Å². The maximum atomic E-state index is 14.7. The molecule has 4 rings (SSSR count). The predicted octanol–water partition coefficient (Wildman–Crippen LogP) is 4.42. The summed E-state index contributed by atoms with van der Waals surface area (Å²) in [5, 5.41) is 12.4. The van der Waals surface area contributed by atoms with E-state index in [1.807, 2.05) is 0 Å². The molecule has 2 amide bonds. The van der Waals surface area contributed by atoms with E-state index in [0.29, 0.717) is 11.1 Å². The molecular formula is C25H28FN3O4. The molecule has 2 aromatic rings. The Kier molecular flexibility index (Phi) is 6.15. The van der Waals surface area contributed by atoms with Crippen LogP contribution in [0.25, 0.3) is 11.1 Å². The summed E-state index contributed by atoms with van der Waals surface area (Å²) < 4.78 is 25.3. The summed E-state index contributed by atoms with van der Waals surface area (Å²) in [7, 11) is 0. The number of halogens is 1. The van der Waals surface area contributed by atoms with Gasteiger partial charge in [0.1, 0.15) is 23.5 Å². The molecule has 1 aromatic carbocycles. The van der Waals surface area contributed by atoms with Crippen LogP contribution in [0.5, 0.6) is 0 Å². The van der Waals surface area contributed by atoms with Crippen LogP contribution >= 0.6 is 0 Å². The number of rotatable bonds is 5. The lowest BCUT2D eigenvalue weighted by molar-refractivity contribution is -0.128. The molecule has 1 aromatic heterocycles. The summed E-state index contributed by atoms with van der Waals surface area (Å²) in [5.41, 5.74) is 1.07. The van der Waals surface area contributed by atoms with E-state index in [-0.39, 0.29) is 18.4 Å². The van der Waals surface area contributed by atoms with Gasteiger partial charge in [-0.25, -0.2) is 9.18 Å². The predicted molar refractivity (Wildman–Crippen MR) is 118 cm³/mol. The number of ether oxygens (including phenoxy) is 1. The highest BCUT2D eigenvalue weighted by atomic mass is 19.1. The zero-order chi connectivity index (χ0) is 23.8. The van der Waals surface area contributed by atoms with Crippen LogP contribution < -0.4 is 5.32 Å². The van der Waals surface area contributed by atoms with Crippen LogP contribution in [0, 0.1) is 23.1 Å². The summed E-state index contributed by atoms with van der Waals surface area (Å²) in [6, 6.07) is 6.90. The molecule has 1 aliphatic heterocycles. The maximum absolute atomic E-state index is 14.7. The number of likely N-dealkylation sites (tertiary alicyclic amines) is 1. The van der Waals surface area contributed by atoms with Gasteiger partial charge in [-0.1, -0.05) is 12.1 Å². The molecule has 0 spiro atoms. The third-order valence-corrected chi connectivity index (χ3v) is 6.26. The Bertz CT molecular complexity index is 1070. The SMILES string of the molecule is CC(C)(C)OC(=O)N1[C@@H]2CC[C@@H](C2)[C@H]1C(=O)NC(C#N)Cc1ccc(-c2ccoc2)cc1F. The van der Waals surface area contributed by atoms with Gasteiger partial charge in [-0.05, 0) is 69.2 Å². The van der Waals surface area contributed by atoms with Crippen LogP contribution in [-0.2, 0) is 16.0 Å². The van der Waals surface area contributed by atoms with Gasteiger partial charge in [0.05, 0.1) is 18.6 Å². The minimum absolute atomic E-state index is 0.0208. The fourth-order valence-corrected chi connectivity index (χ4v) is 4.83. The van der Waals surface area contributed by atoms with Crippen LogP contribution in [0.15, 0.2) is 41.2 Å². The first-order valence-electron chi connectivity index (χ1n) is 11.2. The minimum Gasteiger partial charge on any atom is -0.472 e. The van der Waals surface area contributed by atoms with Crippen LogP contribution in [0.4, 0.5) is 9.18 Å². The first-order chi connectivity index (χ1) is 15.7. The lowest BCUT2D eigenvalue weighted by atomic mass is 9.97. The average Bonchev–Trinajstić information content (AvgIpc) is 3.50. The van der Waals surface area contributed by atoms with Crippen molar-refractivity contribution in [1.29, 1.82) is 5.26 Å². The largest absolute Gasteiger partial charge is 0.472 e. The Labute approximate surface area is 192 Å². The normalized spacial score (nSPS) is 22.6. The van der Waals surface area contributed by atoms with E-state index in [1.165, 1.54) is 23.5 Å². The first-order valence-corrected chi connectivity index (χ1v) is 11.2. The maximum Gasteiger partial charge on any atom is 0.411 e. The molecule has 1 unspecified atom stereocenters. The van der Waals surface area contributed by atoms with E-state index < -0.39 is 35.5 Å². The van der Waals surface area contributed by atoms with Gasteiger partial charge in [-0.2, -0.15) is 5.26 Å². The third kappa shape index (κ3) is 4.87. The molecule has 7 nitrogen and oxygen atoms in total. The summed E-state index contributed by atoms with van der Waals surface area (Å²) in [6.45, 7) is 5.35. The van der Waals surface area contributed by atoms with Crippen molar-refractivity contribution >= 4 is 12.0 Å². The number of nitrogens with zero attached hydrogens (tertiary/aromatic N) is 2. The molecule has 33 heavy (non-hydrogen) atoms. The van der Waals surface area contributed by atoms with E-state index in [9.17, 15) is 19.2 Å². The topological polar surface area (TPSA) is 95.6 Å². The number of nitrogens with one attached hydrogen (secondary N) is 1. The van der Waals surface area contributed by atoms with Crippen molar-refractivity contribution in [2.24, 2.45) is 5.92 Å². The smallest absolute Gasteiger partial charge is 0.411 e. The fraction of sp³-hybridized carbons (Fsp3) is 0.480. The van der Waals surface area contributed by atoms with E-state index in [4.69, 9.17) is 9.15 Å². The Morgan fingerprint density at radius 1 is 1.30 bits per heavy atom. The quantitative estimate of drug-likeness (QED) is 0.723. The second kappa shape index (κ2) is 8.89. The second-order valence-corrected chi connectivity index (χ2v) is 9.77. The number of piperidine rings is 1. The number of nitriles is 1. The van der Waals surface area contributed by atoms with Crippen molar-refractivity contribution in [2.75, 3.05) is 0 Å². The second-order valence-electron chi connectivity index (χ2n) is 9.77. The molecule has 2 fully saturated rings. The Hall–Kier alpha value is -3.34. The van der Waals surface area contributed by atoms with Crippen molar-refractivity contribution in [1.82, 2.24) is 10.2 Å². The summed E-state index contributed by atoms with van der Waals surface area (Å²) in [6.07, 6.45) is 4.99. The molecular weight excluding hydrogens is 425 g/mol. The molecule has 1 aliphatic carbocycles. The molecule has 174 valence electrons. The zero-order valence-corrected chi connectivity index (χ0v) is 19.0. The summed E-state index contributed by atoms with van der Waals surface area (Å²) >= 11 is 0. The molecule has 1 saturated carbocycles. The molecule has 1 saturated heterocycles. The van der Waals surface area contributed by atoms with Crippen LogP contribution in [0.2, 0.25) is 0 Å². The molecule has 4 atom stereocenters. The first kappa shape index (κ1) is 22.8. The third-order valence-electron chi connectivity index (χ3n) is 6.26. The van der Waals surface area contributed by atoms with E-state index >= 15 is 0 Å². The number of hydrogen-bond acceptors (Lipinski definition) is 5. The lowest BCUT2D eigenvalue weighted by Crippen LogP contribution is -2.55. The van der Waals surface area contributed by atoms with Gasteiger partial charge in [0, 0.05) is 18.0 Å². The van der Waals surface area contributed by atoms with Gasteiger partial charge < -0.3 is 14.5 Å².